The van der Waals surface area contributed by atoms with E-state index in [4.69, 9.17) is 0 Å². The van der Waals surface area contributed by atoms with Gasteiger partial charge in [0.1, 0.15) is 0 Å². The Balaban J connectivity index is 1.78. The van der Waals surface area contributed by atoms with Crippen LogP contribution in [-0.4, -0.2) is 11.9 Å². The van der Waals surface area contributed by atoms with Crippen molar-refractivity contribution in [3.05, 3.63) is 35.9 Å². The van der Waals surface area contributed by atoms with Crippen LogP contribution in [0.15, 0.2) is 30.3 Å². The quantitative estimate of drug-likeness (QED) is 0.802. The van der Waals surface area contributed by atoms with E-state index in [-0.39, 0.29) is 5.91 Å². The summed E-state index contributed by atoms with van der Waals surface area (Å²) in [6, 6.07) is 9.65. The normalized spacial score (nSPS) is 18.3. The first-order chi connectivity index (χ1) is 8.77. The Bertz CT molecular complexity index is 371. The third kappa shape index (κ3) is 3.57. The summed E-state index contributed by atoms with van der Waals surface area (Å²) in [5.74, 6) is 0.632. The minimum atomic E-state index is -0.0572. The van der Waals surface area contributed by atoms with Crippen LogP contribution in [0.25, 0.3) is 0 Å². The van der Waals surface area contributed by atoms with Gasteiger partial charge in [0.05, 0.1) is 0 Å². The lowest BCUT2D eigenvalue weighted by Gasteiger charge is -2.28. The molecule has 1 saturated carbocycles. The molecular weight excluding hydrogens is 224 g/mol. The van der Waals surface area contributed by atoms with Crippen LogP contribution in [0.2, 0.25) is 0 Å². The number of hydrogen-bond acceptors (Lipinski definition) is 2. The molecule has 0 radical (unpaired) electrons. The van der Waals surface area contributed by atoms with Crippen LogP contribution in [0.5, 0.6) is 0 Å². The Kier molecular flexibility index (Phi) is 4.76. The first-order valence-electron chi connectivity index (χ1n) is 6.88. The molecule has 1 aliphatic rings. The Labute approximate surface area is 109 Å². The Morgan fingerprint density at radius 2 is 1.83 bits per heavy atom. The van der Waals surface area contributed by atoms with Crippen LogP contribution >= 0.6 is 0 Å². The van der Waals surface area contributed by atoms with E-state index in [1.807, 2.05) is 30.3 Å². The molecule has 3 nitrogen and oxygen atoms in total. The monoisotopic (exact) mass is 246 g/mol. The van der Waals surface area contributed by atoms with Gasteiger partial charge < -0.3 is 0 Å². The van der Waals surface area contributed by atoms with Gasteiger partial charge in [-0.3, -0.25) is 10.2 Å². The predicted molar refractivity (Wildman–Crippen MR) is 73.1 cm³/mol. The molecule has 2 N–H and O–H groups in total. The summed E-state index contributed by atoms with van der Waals surface area (Å²) < 4.78 is 0. The van der Waals surface area contributed by atoms with Crippen molar-refractivity contribution < 1.29 is 4.79 Å². The van der Waals surface area contributed by atoms with Crippen molar-refractivity contribution in [2.75, 3.05) is 0 Å². The van der Waals surface area contributed by atoms with Crippen molar-refractivity contribution in [2.45, 2.75) is 45.1 Å². The Morgan fingerprint density at radius 1 is 1.17 bits per heavy atom. The van der Waals surface area contributed by atoms with E-state index in [9.17, 15) is 4.79 Å². The molecule has 2 rings (SSSR count). The van der Waals surface area contributed by atoms with Crippen LogP contribution in [0.1, 0.15) is 49.4 Å². The van der Waals surface area contributed by atoms with Gasteiger partial charge in [-0.2, -0.15) is 0 Å². The molecule has 3 heteroatoms. The third-order valence-electron chi connectivity index (χ3n) is 3.81. The van der Waals surface area contributed by atoms with Gasteiger partial charge in [0.25, 0.3) is 5.91 Å². The van der Waals surface area contributed by atoms with Crippen molar-refractivity contribution >= 4 is 5.91 Å². The van der Waals surface area contributed by atoms with E-state index >= 15 is 0 Å². The lowest BCUT2D eigenvalue weighted by Crippen LogP contribution is -2.46. The summed E-state index contributed by atoms with van der Waals surface area (Å²) in [5, 5.41) is 0. The van der Waals surface area contributed by atoms with E-state index in [0.717, 1.165) is 0 Å². The zero-order valence-corrected chi connectivity index (χ0v) is 11.0. The van der Waals surface area contributed by atoms with Gasteiger partial charge >= 0.3 is 0 Å². The number of benzene rings is 1. The number of nitrogens with one attached hydrogen (secondary N) is 2. The molecule has 0 bridgehead atoms. The maximum absolute atomic E-state index is 11.9. The molecule has 0 saturated heterocycles. The number of amides is 1. The van der Waals surface area contributed by atoms with Gasteiger partial charge in [-0.25, -0.2) is 5.43 Å². The van der Waals surface area contributed by atoms with E-state index in [2.05, 4.69) is 17.8 Å². The molecule has 1 fully saturated rings. The SMILES string of the molecule is C[C@H](NNC(=O)c1ccccc1)C1CCCCC1. The van der Waals surface area contributed by atoms with Crippen LogP contribution in [-0.2, 0) is 0 Å². The largest absolute Gasteiger partial charge is 0.287 e. The zero-order chi connectivity index (χ0) is 12.8. The van der Waals surface area contributed by atoms with Crippen LogP contribution < -0.4 is 10.9 Å². The highest BCUT2D eigenvalue weighted by atomic mass is 16.2. The average Bonchev–Trinajstić information content (AvgIpc) is 2.46. The van der Waals surface area contributed by atoms with E-state index in [0.29, 0.717) is 17.5 Å². The molecule has 1 aromatic carbocycles. The van der Waals surface area contributed by atoms with Gasteiger partial charge in [0.15, 0.2) is 0 Å². The van der Waals surface area contributed by atoms with Crippen molar-refractivity contribution in [1.29, 1.82) is 0 Å². The van der Waals surface area contributed by atoms with Crippen molar-refractivity contribution in [1.82, 2.24) is 10.9 Å². The topological polar surface area (TPSA) is 41.1 Å². The van der Waals surface area contributed by atoms with Gasteiger partial charge in [-0.05, 0) is 37.8 Å². The van der Waals surface area contributed by atoms with Crippen molar-refractivity contribution in [3.63, 3.8) is 0 Å². The first-order valence-corrected chi connectivity index (χ1v) is 6.88. The predicted octanol–water partition coefficient (Wildman–Crippen LogP) is 2.89. The van der Waals surface area contributed by atoms with Crippen molar-refractivity contribution in [2.24, 2.45) is 5.92 Å². The fourth-order valence-electron chi connectivity index (χ4n) is 2.59. The molecule has 0 aliphatic heterocycles. The second-order valence-electron chi connectivity index (χ2n) is 5.15. The fraction of sp³-hybridized carbons (Fsp3) is 0.533. The standard InChI is InChI=1S/C15H22N2O/c1-12(13-8-4-2-5-9-13)16-17-15(18)14-10-6-3-7-11-14/h3,6-7,10-13,16H,2,4-5,8-9H2,1H3,(H,17,18)/t12-/m0/s1. The Morgan fingerprint density at radius 3 is 2.50 bits per heavy atom. The summed E-state index contributed by atoms with van der Waals surface area (Å²) in [6.45, 7) is 2.15. The minimum Gasteiger partial charge on any atom is -0.287 e. The molecule has 0 spiro atoms. The smallest absolute Gasteiger partial charge is 0.265 e. The number of carbonyl (C=O) groups excluding carboxylic acids is 1. The molecule has 0 aromatic heterocycles. The van der Waals surface area contributed by atoms with E-state index in [1.165, 1.54) is 32.1 Å². The molecule has 1 aromatic rings. The number of hydrazine groups is 1. The second-order valence-corrected chi connectivity index (χ2v) is 5.15. The molecule has 18 heavy (non-hydrogen) atoms. The number of carbonyl (C=O) groups is 1. The average molecular weight is 246 g/mol. The Hall–Kier alpha value is -1.35. The van der Waals surface area contributed by atoms with Crippen LogP contribution in [0, 0.1) is 5.92 Å². The van der Waals surface area contributed by atoms with E-state index in [1.54, 1.807) is 0 Å². The minimum absolute atomic E-state index is 0.0572. The maximum Gasteiger partial charge on any atom is 0.265 e. The molecule has 0 heterocycles. The highest BCUT2D eigenvalue weighted by Gasteiger charge is 2.20. The van der Waals surface area contributed by atoms with Crippen molar-refractivity contribution in [3.8, 4) is 0 Å². The highest BCUT2D eigenvalue weighted by molar-refractivity contribution is 5.93. The third-order valence-corrected chi connectivity index (χ3v) is 3.81. The molecular formula is C15H22N2O. The summed E-state index contributed by atoms with van der Waals surface area (Å²) in [4.78, 5) is 11.9. The van der Waals surface area contributed by atoms with Gasteiger partial charge in [-0.15, -0.1) is 0 Å². The molecule has 1 amide bonds. The summed E-state index contributed by atoms with van der Waals surface area (Å²) in [6.07, 6.45) is 6.55. The highest BCUT2D eigenvalue weighted by Crippen LogP contribution is 2.25. The molecule has 0 unspecified atom stereocenters. The fourth-order valence-corrected chi connectivity index (χ4v) is 2.59. The summed E-state index contributed by atoms with van der Waals surface area (Å²) in [7, 11) is 0. The zero-order valence-electron chi connectivity index (χ0n) is 11.0. The van der Waals surface area contributed by atoms with Crippen LogP contribution in [0.4, 0.5) is 0 Å². The van der Waals surface area contributed by atoms with Gasteiger partial charge in [0.2, 0.25) is 0 Å². The lowest BCUT2D eigenvalue weighted by molar-refractivity contribution is 0.0915. The van der Waals surface area contributed by atoms with Gasteiger partial charge in [0, 0.05) is 11.6 Å². The first kappa shape index (κ1) is 13.1. The van der Waals surface area contributed by atoms with Gasteiger partial charge in [-0.1, -0.05) is 37.5 Å². The number of rotatable bonds is 4. The maximum atomic E-state index is 11.9. The van der Waals surface area contributed by atoms with E-state index < -0.39 is 0 Å². The summed E-state index contributed by atoms with van der Waals surface area (Å²) >= 11 is 0. The lowest BCUT2D eigenvalue weighted by atomic mass is 9.85. The second kappa shape index (κ2) is 6.55. The molecule has 1 atom stereocenters. The summed E-state index contributed by atoms with van der Waals surface area (Å²) in [5.41, 5.74) is 6.65. The number of hydrogen-bond donors (Lipinski definition) is 2. The molecule has 1 aliphatic carbocycles. The van der Waals surface area contributed by atoms with Crippen LogP contribution in [0.3, 0.4) is 0 Å². The molecule has 98 valence electrons.